The van der Waals surface area contributed by atoms with Crippen molar-refractivity contribution >= 4 is 28.4 Å². The Morgan fingerprint density at radius 1 is 1.45 bits per heavy atom. The van der Waals surface area contributed by atoms with Gasteiger partial charge < -0.3 is 14.6 Å². The van der Waals surface area contributed by atoms with E-state index in [0.29, 0.717) is 19.0 Å². The molecule has 0 fully saturated rings. The molecular formula is C15H17ClN2O2. The highest BCUT2D eigenvalue weighted by molar-refractivity contribution is 6.17. The number of carbonyl (C=O) groups excluding carboxylic acids is 1. The normalized spacial score (nSPS) is 17.9. The molecule has 0 radical (unpaired) electrons. The smallest absolute Gasteiger partial charge is 0.268 e. The van der Waals surface area contributed by atoms with Gasteiger partial charge in [0, 0.05) is 29.4 Å². The van der Waals surface area contributed by atoms with Gasteiger partial charge in [0.2, 0.25) is 0 Å². The Labute approximate surface area is 122 Å². The summed E-state index contributed by atoms with van der Waals surface area (Å²) in [5.41, 5.74) is 1.80. The van der Waals surface area contributed by atoms with Gasteiger partial charge in [0.15, 0.2) is 0 Å². The van der Waals surface area contributed by atoms with Crippen molar-refractivity contribution in [2.45, 2.75) is 19.4 Å². The minimum atomic E-state index is -0.0103. The topological polar surface area (TPSA) is 43.3 Å². The number of rotatable bonds is 4. The first kappa shape index (κ1) is 13.3. The highest BCUT2D eigenvalue weighted by atomic mass is 35.5. The molecule has 0 saturated heterocycles. The largest absolute Gasteiger partial charge is 0.494 e. The van der Waals surface area contributed by atoms with Gasteiger partial charge in [-0.25, -0.2) is 0 Å². The molecule has 2 aromatic rings. The van der Waals surface area contributed by atoms with E-state index in [2.05, 4.69) is 16.8 Å². The molecular weight excluding hydrogens is 276 g/mol. The summed E-state index contributed by atoms with van der Waals surface area (Å²) in [5.74, 6) is 1.41. The van der Waals surface area contributed by atoms with E-state index in [1.807, 2.05) is 24.3 Å². The van der Waals surface area contributed by atoms with Crippen LogP contribution in [-0.2, 0) is 0 Å². The number of nitrogens with zero attached hydrogens (tertiary/aromatic N) is 1. The van der Waals surface area contributed by atoms with Gasteiger partial charge in [0.05, 0.1) is 6.61 Å². The van der Waals surface area contributed by atoms with Gasteiger partial charge in [0.25, 0.3) is 5.91 Å². The third-order valence-corrected chi connectivity index (χ3v) is 3.86. The maximum atomic E-state index is 11.9. The summed E-state index contributed by atoms with van der Waals surface area (Å²) in [6, 6.07) is 8.14. The van der Waals surface area contributed by atoms with Crippen LogP contribution in [-0.4, -0.2) is 29.5 Å². The lowest BCUT2D eigenvalue weighted by atomic mass is 10.2. The molecule has 0 aliphatic carbocycles. The van der Waals surface area contributed by atoms with Crippen molar-refractivity contribution in [1.82, 2.24) is 9.88 Å². The average Bonchev–Trinajstić information content (AvgIpc) is 2.83. The molecule has 106 valence electrons. The van der Waals surface area contributed by atoms with E-state index in [1.165, 1.54) is 0 Å². The van der Waals surface area contributed by atoms with Crippen LogP contribution in [0, 0.1) is 0 Å². The van der Waals surface area contributed by atoms with Crippen molar-refractivity contribution in [2.75, 3.05) is 19.0 Å². The van der Waals surface area contributed by atoms with Gasteiger partial charge in [-0.1, -0.05) is 0 Å². The standard InChI is InChI=1S/C15H17ClN2O2/c1-10-9-17-15(19)14-8-11-7-12(20-6-2-5-16)3-4-13(11)18(10)14/h3-4,7-8,10H,2,5-6,9H2,1H3,(H,17,19). The van der Waals surface area contributed by atoms with E-state index in [1.54, 1.807) is 0 Å². The van der Waals surface area contributed by atoms with Crippen molar-refractivity contribution in [3.8, 4) is 5.75 Å². The molecule has 0 spiro atoms. The molecule has 1 aliphatic rings. The molecule has 1 aromatic heterocycles. The van der Waals surface area contributed by atoms with Crippen LogP contribution >= 0.6 is 11.6 Å². The zero-order valence-corrected chi connectivity index (χ0v) is 12.1. The lowest BCUT2D eigenvalue weighted by Crippen LogP contribution is -2.37. The number of halogens is 1. The summed E-state index contributed by atoms with van der Waals surface area (Å²) in [6.45, 7) is 3.39. The highest BCUT2D eigenvalue weighted by Crippen LogP contribution is 2.29. The second-order valence-corrected chi connectivity index (χ2v) is 5.45. The predicted molar refractivity (Wildman–Crippen MR) is 79.8 cm³/mol. The molecule has 3 rings (SSSR count). The van der Waals surface area contributed by atoms with E-state index >= 15 is 0 Å². The fourth-order valence-corrected chi connectivity index (χ4v) is 2.73. The summed E-state index contributed by atoms with van der Waals surface area (Å²) >= 11 is 5.64. The van der Waals surface area contributed by atoms with Crippen molar-refractivity contribution in [3.05, 3.63) is 30.0 Å². The summed E-state index contributed by atoms with van der Waals surface area (Å²) < 4.78 is 7.74. The Morgan fingerprint density at radius 3 is 3.10 bits per heavy atom. The molecule has 1 aromatic carbocycles. The summed E-state index contributed by atoms with van der Waals surface area (Å²) in [6.07, 6.45) is 0.825. The van der Waals surface area contributed by atoms with Gasteiger partial charge in [-0.2, -0.15) is 0 Å². The number of aromatic nitrogens is 1. The van der Waals surface area contributed by atoms with Crippen molar-refractivity contribution in [2.24, 2.45) is 0 Å². The van der Waals surface area contributed by atoms with E-state index in [9.17, 15) is 4.79 Å². The Balaban J connectivity index is 1.98. The fourth-order valence-electron chi connectivity index (χ4n) is 2.62. The molecule has 4 nitrogen and oxygen atoms in total. The minimum Gasteiger partial charge on any atom is -0.494 e. The van der Waals surface area contributed by atoms with Crippen LogP contribution in [0.2, 0.25) is 0 Å². The fraction of sp³-hybridized carbons (Fsp3) is 0.400. The summed E-state index contributed by atoms with van der Waals surface area (Å²) in [5, 5.41) is 3.93. The Bertz CT molecular complexity index is 651. The van der Waals surface area contributed by atoms with Crippen molar-refractivity contribution < 1.29 is 9.53 Å². The number of nitrogens with one attached hydrogen (secondary N) is 1. The molecule has 5 heteroatoms. The third-order valence-electron chi connectivity index (χ3n) is 3.59. The number of hydrogen-bond donors (Lipinski definition) is 1. The monoisotopic (exact) mass is 292 g/mol. The Morgan fingerprint density at radius 2 is 2.30 bits per heavy atom. The first-order valence-corrected chi connectivity index (χ1v) is 7.36. The lowest BCUT2D eigenvalue weighted by Gasteiger charge is -2.24. The lowest BCUT2D eigenvalue weighted by molar-refractivity contribution is 0.0919. The predicted octanol–water partition coefficient (Wildman–Crippen LogP) is 2.95. The van der Waals surface area contributed by atoms with Crippen LogP contribution < -0.4 is 10.1 Å². The van der Waals surface area contributed by atoms with E-state index in [0.717, 1.165) is 28.8 Å². The van der Waals surface area contributed by atoms with Crippen LogP contribution in [0.1, 0.15) is 29.9 Å². The van der Waals surface area contributed by atoms with Crippen LogP contribution in [0.4, 0.5) is 0 Å². The Hall–Kier alpha value is -1.68. The molecule has 1 aliphatic heterocycles. The van der Waals surface area contributed by atoms with Crippen LogP contribution in [0.5, 0.6) is 5.75 Å². The second kappa shape index (κ2) is 5.37. The van der Waals surface area contributed by atoms with E-state index in [4.69, 9.17) is 16.3 Å². The molecule has 0 bridgehead atoms. The van der Waals surface area contributed by atoms with Crippen molar-refractivity contribution in [3.63, 3.8) is 0 Å². The highest BCUT2D eigenvalue weighted by Gasteiger charge is 2.24. The average molecular weight is 293 g/mol. The summed E-state index contributed by atoms with van der Waals surface area (Å²) in [7, 11) is 0. The molecule has 2 heterocycles. The maximum absolute atomic E-state index is 11.9. The third kappa shape index (κ3) is 2.24. The quantitative estimate of drug-likeness (QED) is 0.695. The number of amides is 1. The first-order chi connectivity index (χ1) is 9.70. The van der Waals surface area contributed by atoms with E-state index < -0.39 is 0 Å². The van der Waals surface area contributed by atoms with Crippen molar-refractivity contribution in [1.29, 1.82) is 0 Å². The van der Waals surface area contributed by atoms with Gasteiger partial charge in [0.1, 0.15) is 11.4 Å². The van der Waals surface area contributed by atoms with Crippen LogP contribution in [0.3, 0.4) is 0 Å². The van der Waals surface area contributed by atoms with Crippen LogP contribution in [0.25, 0.3) is 10.9 Å². The molecule has 1 N–H and O–H groups in total. The number of ether oxygens (including phenoxy) is 1. The zero-order chi connectivity index (χ0) is 14.1. The molecule has 1 unspecified atom stereocenters. The zero-order valence-electron chi connectivity index (χ0n) is 11.4. The number of benzene rings is 1. The summed E-state index contributed by atoms with van der Waals surface area (Å²) in [4.78, 5) is 11.9. The second-order valence-electron chi connectivity index (χ2n) is 5.07. The molecule has 20 heavy (non-hydrogen) atoms. The van der Waals surface area contributed by atoms with Gasteiger partial charge in [-0.05, 0) is 37.6 Å². The van der Waals surface area contributed by atoms with Crippen LogP contribution in [0.15, 0.2) is 24.3 Å². The van der Waals surface area contributed by atoms with E-state index in [-0.39, 0.29) is 11.9 Å². The number of fused-ring (bicyclic) bond motifs is 3. The number of hydrogen-bond acceptors (Lipinski definition) is 2. The molecule has 1 atom stereocenters. The SMILES string of the molecule is CC1CNC(=O)c2cc3cc(OCCCCl)ccc3n21. The van der Waals surface area contributed by atoms with Gasteiger partial charge in [-0.15, -0.1) is 11.6 Å². The van der Waals surface area contributed by atoms with Gasteiger partial charge in [-0.3, -0.25) is 4.79 Å². The first-order valence-electron chi connectivity index (χ1n) is 6.82. The maximum Gasteiger partial charge on any atom is 0.268 e. The minimum absolute atomic E-state index is 0.0103. The number of carbonyl (C=O) groups is 1. The molecule has 0 saturated carbocycles. The molecule has 1 amide bonds. The number of alkyl halides is 1. The Kier molecular flexibility index (Phi) is 3.57. The van der Waals surface area contributed by atoms with Gasteiger partial charge >= 0.3 is 0 Å².